The lowest BCUT2D eigenvalue weighted by Crippen LogP contribution is -2.04. The molecule has 4 heteroatoms. The lowest BCUT2D eigenvalue weighted by atomic mass is 10.2. The molecule has 0 amide bonds. The molecule has 2 aromatic rings. The molecule has 0 atom stereocenters. The SMILES string of the molecule is COc1ccc(C)cc1-n1nc(C)cc1N. The van der Waals surface area contributed by atoms with E-state index in [-0.39, 0.29) is 0 Å². The summed E-state index contributed by atoms with van der Waals surface area (Å²) in [6.07, 6.45) is 0. The third kappa shape index (κ3) is 1.74. The van der Waals surface area contributed by atoms with Gasteiger partial charge in [0.15, 0.2) is 0 Å². The molecule has 0 bridgehead atoms. The van der Waals surface area contributed by atoms with E-state index < -0.39 is 0 Å². The van der Waals surface area contributed by atoms with Gasteiger partial charge in [-0.1, -0.05) is 6.07 Å². The van der Waals surface area contributed by atoms with Crippen molar-refractivity contribution in [2.45, 2.75) is 13.8 Å². The van der Waals surface area contributed by atoms with Crippen molar-refractivity contribution in [3.63, 3.8) is 0 Å². The average Bonchev–Trinajstić information content (AvgIpc) is 2.57. The van der Waals surface area contributed by atoms with Crippen LogP contribution < -0.4 is 10.5 Å². The van der Waals surface area contributed by atoms with Crippen molar-refractivity contribution in [2.75, 3.05) is 12.8 Å². The molecule has 0 radical (unpaired) electrons. The van der Waals surface area contributed by atoms with Gasteiger partial charge in [0.1, 0.15) is 17.3 Å². The summed E-state index contributed by atoms with van der Waals surface area (Å²) in [5.74, 6) is 1.38. The number of hydrogen-bond donors (Lipinski definition) is 1. The van der Waals surface area contributed by atoms with Crippen LogP contribution in [0.4, 0.5) is 5.82 Å². The smallest absolute Gasteiger partial charge is 0.144 e. The Labute approximate surface area is 94.6 Å². The second-order valence-corrected chi connectivity index (χ2v) is 3.80. The summed E-state index contributed by atoms with van der Waals surface area (Å²) in [7, 11) is 1.64. The molecule has 2 rings (SSSR count). The maximum atomic E-state index is 5.89. The van der Waals surface area contributed by atoms with Crippen molar-refractivity contribution < 1.29 is 4.74 Å². The highest BCUT2D eigenvalue weighted by atomic mass is 16.5. The first-order valence-corrected chi connectivity index (χ1v) is 5.09. The fraction of sp³-hybridized carbons (Fsp3) is 0.250. The molecular weight excluding hydrogens is 202 g/mol. The normalized spacial score (nSPS) is 10.4. The molecule has 84 valence electrons. The van der Waals surface area contributed by atoms with Gasteiger partial charge in [0.05, 0.1) is 12.8 Å². The third-order valence-electron chi connectivity index (χ3n) is 2.42. The van der Waals surface area contributed by atoms with Gasteiger partial charge in [0.25, 0.3) is 0 Å². The second-order valence-electron chi connectivity index (χ2n) is 3.80. The molecule has 0 aliphatic heterocycles. The minimum Gasteiger partial charge on any atom is -0.494 e. The van der Waals surface area contributed by atoms with E-state index in [0.29, 0.717) is 5.82 Å². The highest BCUT2D eigenvalue weighted by Gasteiger charge is 2.09. The fourth-order valence-electron chi connectivity index (χ4n) is 1.68. The first-order valence-electron chi connectivity index (χ1n) is 5.09. The van der Waals surface area contributed by atoms with Gasteiger partial charge in [-0.2, -0.15) is 5.10 Å². The van der Waals surface area contributed by atoms with Crippen LogP contribution in [0.2, 0.25) is 0 Å². The molecule has 0 spiro atoms. The summed E-state index contributed by atoms with van der Waals surface area (Å²) in [4.78, 5) is 0. The fourth-order valence-corrected chi connectivity index (χ4v) is 1.68. The number of aromatic nitrogens is 2. The minimum atomic E-state index is 0.612. The van der Waals surface area contributed by atoms with E-state index in [4.69, 9.17) is 10.5 Å². The van der Waals surface area contributed by atoms with Gasteiger partial charge in [-0.25, -0.2) is 4.68 Å². The van der Waals surface area contributed by atoms with E-state index in [1.165, 1.54) is 0 Å². The summed E-state index contributed by atoms with van der Waals surface area (Å²) in [6.45, 7) is 3.94. The Hall–Kier alpha value is -1.97. The molecule has 0 aliphatic rings. The van der Waals surface area contributed by atoms with E-state index in [9.17, 15) is 0 Å². The zero-order valence-corrected chi connectivity index (χ0v) is 9.69. The molecule has 1 aromatic heterocycles. The maximum absolute atomic E-state index is 5.89. The first-order chi connectivity index (χ1) is 7.61. The molecule has 1 aromatic carbocycles. The highest BCUT2D eigenvalue weighted by Crippen LogP contribution is 2.25. The van der Waals surface area contributed by atoms with E-state index in [1.807, 2.05) is 38.1 Å². The van der Waals surface area contributed by atoms with Crippen LogP contribution in [-0.4, -0.2) is 16.9 Å². The van der Waals surface area contributed by atoms with Gasteiger partial charge in [0.2, 0.25) is 0 Å². The van der Waals surface area contributed by atoms with Crippen molar-refractivity contribution in [1.29, 1.82) is 0 Å². The molecule has 4 nitrogen and oxygen atoms in total. The number of benzene rings is 1. The van der Waals surface area contributed by atoms with Crippen molar-refractivity contribution in [2.24, 2.45) is 0 Å². The maximum Gasteiger partial charge on any atom is 0.144 e. The van der Waals surface area contributed by atoms with Gasteiger partial charge >= 0.3 is 0 Å². The van der Waals surface area contributed by atoms with Crippen LogP contribution in [0.1, 0.15) is 11.3 Å². The van der Waals surface area contributed by atoms with Gasteiger partial charge < -0.3 is 10.5 Å². The monoisotopic (exact) mass is 217 g/mol. The van der Waals surface area contributed by atoms with Crippen LogP contribution in [0.25, 0.3) is 5.69 Å². The van der Waals surface area contributed by atoms with Crippen molar-refractivity contribution >= 4 is 5.82 Å². The number of hydrogen-bond acceptors (Lipinski definition) is 3. The molecule has 0 aliphatic carbocycles. The summed E-state index contributed by atoms with van der Waals surface area (Å²) in [5.41, 5.74) is 8.79. The molecule has 0 unspecified atom stereocenters. The Morgan fingerprint density at radius 1 is 1.25 bits per heavy atom. The number of ether oxygens (including phenoxy) is 1. The standard InChI is InChI=1S/C12H15N3O/c1-8-4-5-11(16-3)10(6-8)15-12(13)7-9(2)14-15/h4-7H,13H2,1-3H3. The molecular formula is C12H15N3O. The molecule has 16 heavy (non-hydrogen) atoms. The quantitative estimate of drug-likeness (QED) is 0.837. The zero-order valence-electron chi connectivity index (χ0n) is 9.69. The molecule has 0 fully saturated rings. The second kappa shape index (κ2) is 3.89. The van der Waals surface area contributed by atoms with E-state index in [1.54, 1.807) is 11.8 Å². The molecule has 0 saturated heterocycles. The number of nitrogen functional groups attached to an aromatic ring is 1. The Morgan fingerprint density at radius 3 is 2.56 bits per heavy atom. The number of rotatable bonds is 2. The van der Waals surface area contributed by atoms with Gasteiger partial charge in [0, 0.05) is 6.07 Å². The number of anilines is 1. The Bertz CT molecular complexity index is 517. The van der Waals surface area contributed by atoms with Crippen LogP contribution in [0.5, 0.6) is 5.75 Å². The molecule has 0 saturated carbocycles. The molecule has 2 N–H and O–H groups in total. The van der Waals surface area contributed by atoms with Gasteiger partial charge in [-0.05, 0) is 31.5 Å². The van der Waals surface area contributed by atoms with Crippen LogP contribution in [-0.2, 0) is 0 Å². The lowest BCUT2D eigenvalue weighted by Gasteiger charge is -2.10. The van der Waals surface area contributed by atoms with E-state index >= 15 is 0 Å². The number of methoxy groups -OCH3 is 1. The van der Waals surface area contributed by atoms with Crippen molar-refractivity contribution in [3.8, 4) is 11.4 Å². The van der Waals surface area contributed by atoms with Gasteiger partial charge in [-0.15, -0.1) is 0 Å². The Kier molecular flexibility index (Phi) is 2.56. The Balaban J connectivity index is 2.62. The van der Waals surface area contributed by atoms with Gasteiger partial charge in [-0.3, -0.25) is 0 Å². The predicted octanol–water partition coefficient (Wildman–Crippen LogP) is 2.08. The minimum absolute atomic E-state index is 0.612. The number of nitrogens with zero attached hydrogens (tertiary/aromatic N) is 2. The number of aryl methyl sites for hydroxylation is 2. The summed E-state index contributed by atoms with van der Waals surface area (Å²) in [5, 5.41) is 4.34. The largest absolute Gasteiger partial charge is 0.494 e. The van der Waals surface area contributed by atoms with Crippen molar-refractivity contribution in [3.05, 3.63) is 35.5 Å². The zero-order chi connectivity index (χ0) is 11.7. The highest BCUT2D eigenvalue weighted by molar-refractivity contribution is 5.53. The lowest BCUT2D eigenvalue weighted by molar-refractivity contribution is 0.411. The topological polar surface area (TPSA) is 53.1 Å². The molecule has 1 heterocycles. The number of nitrogens with two attached hydrogens (primary N) is 1. The van der Waals surface area contributed by atoms with E-state index in [0.717, 1.165) is 22.7 Å². The van der Waals surface area contributed by atoms with Crippen LogP contribution in [0.3, 0.4) is 0 Å². The van der Waals surface area contributed by atoms with Crippen LogP contribution >= 0.6 is 0 Å². The summed E-state index contributed by atoms with van der Waals surface area (Å²) in [6, 6.07) is 7.75. The third-order valence-corrected chi connectivity index (χ3v) is 2.42. The summed E-state index contributed by atoms with van der Waals surface area (Å²) < 4.78 is 7.00. The van der Waals surface area contributed by atoms with E-state index in [2.05, 4.69) is 5.10 Å². The van der Waals surface area contributed by atoms with Crippen LogP contribution in [0, 0.1) is 13.8 Å². The average molecular weight is 217 g/mol. The predicted molar refractivity (Wildman–Crippen MR) is 64.0 cm³/mol. The Morgan fingerprint density at radius 2 is 2.00 bits per heavy atom. The summed E-state index contributed by atoms with van der Waals surface area (Å²) >= 11 is 0. The van der Waals surface area contributed by atoms with Crippen LogP contribution in [0.15, 0.2) is 24.3 Å². The first kappa shape index (κ1) is 10.5. The van der Waals surface area contributed by atoms with Crippen molar-refractivity contribution in [1.82, 2.24) is 9.78 Å².